The first-order valence-corrected chi connectivity index (χ1v) is 7.78. The van der Waals surface area contributed by atoms with Gasteiger partial charge in [0.2, 0.25) is 0 Å². The van der Waals surface area contributed by atoms with Gasteiger partial charge in [-0.05, 0) is 24.1 Å². The summed E-state index contributed by atoms with van der Waals surface area (Å²) in [6, 6.07) is 7.28. The molecule has 2 rings (SSSR count). The summed E-state index contributed by atoms with van der Waals surface area (Å²) in [5, 5.41) is 3.88. The molecule has 0 aliphatic heterocycles. The Bertz CT molecular complexity index is 679. The van der Waals surface area contributed by atoms with Gasteiger partial charge in [0, 0.05) is 19.3 Å². The van der Waals surface area contributed by atoms with Crippen LogP contribution in [0.4, 0.5) is 5.69 Å². The van der Waals surface area contributed by atoms with Crippen LogP contribution < -0.4 is 10.5 Å². The topological polar surface area (TPSA) is 90.0 Å². The number of nitrogens with one attached hydrogen (secondary N) is 1. The van der Waals surface area contributed by atoms with Gasteiger partial charge in [-0.3, -0.25) is 4.68 Å². The molecule has 0 unspecified atom stereocenters. The fourth-order valence-electron chi connectivity index (χ4n) is 1.78. The molecule has 6 nitrogen and oxygen atoms in total. The Hall–Kier alpha value is -1.28. The second-order valence-electron chi connectivity index (χ2n) is 4.31. The first kappa shape index (κ1) is 17.8. The minimum atomic E-state index is -3.66. The fourth-order valence-corrected chi connectivity index (χ4v) is 3.47. The lowest BCUT2D eigenvalue weighted by Gasteiger charge is -2.07. The predicted octanol–water partition coefficient (Wildman–Crippen LogP) is 1.60. The number of rotatable bonds is 5. The van der Waals surface area contributed by atoms with Crippen molar-refractivity contribution < 1.29 is 8.42 Å². The summed E-state index contributed by atoms with van der Waals surface area (Å²) in [4.78, 5) is 0. The van der Waals surface area contributed by atoms with Crippen molar-refractivity contribution in [1.82, 2.24) is 14.5 Å². The molecule has 0 aliphatic rings. The first-order valence-electron chi connectivity index (χ1n) is 5.92. The molecule has 1 aromatic carbocycles. The highest BCUT2D eigenvalue weighted by Crippen LogP contribution is 2.19. The summed E-state index contributed by atoms with van der Waals surface area (Å²) < 4.78 is 27.9. The van der Waals surface area contributed by atoms with Crippen LogP contribution in [0.3, 0.4) is 0 Å². The molecule has 3 N–H and O–H groups in total. The van der Waals surface area contributed by atoms with E-state index in [0.29, 0.717) is 12.1 Å². The summed E-state index contributed by atoms with van der Waals surface area (Å²) in [5.74, 6) is 0. The van der Waals surface area contributed by atoms with E-state index in [9.17, 15) is 8.42 Å². The average molecular weight is 351 g/mol. The number of hydrogen-bond acceptors (Lipinski definition) is 4. The molecule has 0 radical (unpaired) electrons. The predicted molar refractivity (Wildman–Crippen MR) is 85.2 cm³/mol. The van der Waals surface area contributed by atoms with Crippen molar-refractivity contribution >= 4 is 39.7 Å². The first-order chi connectivity index (χ1) is 9.40. The number of aryl methyl sites for hydroxylation is 1. The molecule has 1 aromatic heterocycles. The van der Waals surface area contributed by atoms with Gasteiger partial charge < -0.3 is 5.73 Å². The highest BCUT2D eigenvalue weighted by atomic mass is 35.5. The molecule has 0 amide bonds. The summed E-state index contributed by atoms with van der Waals surface area (Å²) in [7, 11) is -2.13. The van der Waals surface area contributed by atoms with Crippen molar-refractivity contribution in [3.05, 3.63) is 41.0 Å². The van der Waals surface area contributed by atoms with Crippen LogP contribution in [-0.2, 0) is 23.5 Å². The number of nitrogens with zero attached hydrogens (tertiary/aromatic N) is 2. The van der Waals surface area contributed by atoms with Crippen LogP contribution >= 0.6 is 24.0 Å². The zero-order valence-corrected chi connectivity index (χ0v) is 13.7. The molecule has 0 bridgehead atoms. The van der Waals surface area contributed by atoms with Crippen molar-refractivity contribution in [2.45, 2.75) is 11.4 Å². The SMILES string of the molecule is Cl.Cn1ncc(Cl)c1S(=O)(=O)NCCc1ccc(N)cc1. The Kier molecular flexibility index (Phi) is 6.03. The van der Waals surface area contributed by atoms with Gasteiger partial charge in [-0.15, -0.1) is 12.4 Å². The second-order valence-corrected chi connectivity index (χ2v) is 6.40. The third kappa shape index (κ3) is 4.34. The molecule has 116 valence electrons. The van der Waals surface area contributed by atoms with Gasteiger partial charge in [0.05, 0.1) is 11.2 Å². The molecule has 0 fully saturated rings. The lowest BCUT2D eigenvalue weighted by Crippen LogP contribution is -2.28. The van der Waals surface area contributed by atoms with Crippen LogP contribution in [0.25, 0.3) is 0 Å². The van der Waals surface area contributed by atoms with Crippen LogP contribution in [0.5, 0.6) is 0 Å². The van der Waals surface area contributed by atoms with E-state index in [2.05, 4.69) is 9.82 Å². The Morgan fingerprint density at radius 3 is 2.48 bits per heavy atom. The number of aromatic nitrogens is 2. The second kappa shape index (κ2) is 7.13. The van der Waals surface area contributed by atoms with Gasteiger partial charge in [-0.25, -0.2) is 13.1 Å². The van der Waals surface area contributed by atoms with Gasteiger partial charge in [-0.2, -0.15) is 5.10 Å². The molecule has 0 saturated carbocycles. The molecule has 0 saturated heterocycles. The van der Waals surface area contributed by atoms with Gasteiger partial charge in [0.1, 0.15) is 0 Å². The highest BCUT2D eigenvalue weighted by Gasteiger charge is 2.21. The number of nitrogen functional groups attached to an aromatic ring is 1. The van der Waals surface area contributed by atoms with Crippen molar-refractivity contribution in [3.63, 3.8) is 0 Å². The zero-order chi connectivity index (χ0) is 14.8. The van der Waals surface area contributed by atoms with Crippen molar-refractivity contribution in [1.29, 1.82) is 0 Å². The van der Waals surface area contributed by atoms with Crippen molar-refractivity contribution in [3.8, 4) is 0 Å². The fraction of sp³-hybridized carbons (Fsp3) is 0.250. The third-order valence-electron chi connectivity index (χ3n) is 2.78. The van der Waals surface area contributed by atoms with Gasteiger partial charge in [-0.1, -0.05) is 23.7 Å². The number of nitrogens with two attached hydrogens (primary N) is 1. The van der Waals surface area contributed by atoms with E-state index in [0.717, 1.165) is 5.56 Å². The number of halogens is 2. The number of sulfonamides is 1. The minimum absolute atomic E-state index is 0. The third-order valence-corrected chi connectivity index (χ3v) is 4.75. The van der Waals surface area contributed by atoms with E-state index in [1.54, 1.807) is 12.1 Å². The van der Waals surface area contributed by atoms with Crippen molar-refractivity contribution in [2.75, 3.05) is 12.3 Å². The Labute approximate surface area is 134 Å². The maximum absolute atomic E-state index is 12.1. The Balaban J connectivity index is 0.00000220. The zero-order valence-electron chi connectivity index (χ0n) is 11.3. The summed E-state index contributed by atoms with van der Waals surface area (Å²) in [5.41, 5.74) is 7.26. The number of benzene rings is 1. The lowest BCUT2D eigenvalue weighted by molar-refractivity contribution is 0.563. The minimum Gasteiger partial charge on any atom is -0.399 e. The van der Waals surface area contributed by atoms with Crippen LogP contribution in [0, 0.1) is 0 Å². The maximum atomic E-state index is 12.1. The molecule has 0 spiro atoms. The quantitative estimate of drug-likeness (QED) is 0.801. The molecule has 2 aromatic rings. The van der Waals surface area contributed by atoms with Crippen LogP contribution in [0.1, 0.15) is 5.56 Å². The van der Waals surface area contributed by atoms with Gasteiger partial charge in [0.15, 0.2) is 5.03 Å². The van der Waals surface area contributed by atoms with Crippen LogP contribution in [0.15, 0.2) is 35.5 Å². The highest BCUT2D eigenvalue weighted by molar-refractivity contribution is 7.89. The molecular weight excluding hydrogens is 335 g/mol. The monoisotopic (exact) mass is 350 g/mol. The largest absolute Gasteiger partial charge is 0.399 e. The van der Waals surface area contributed by atoms with Gasteiger partial charge in [0.25, 0.3) is 10.0 Å². The van der Waals surface area contributed by atoms with Gasteiger partial charge >= 0.3 is 0 Å². The van der Waals surface area contributed by atoms with E-state index in [1.165, 1.54) is 17.9 Å². The molecule has 0 aliphatic carbocycles. The molecule has 0 atom stereocenters. The molecule has 1 heterocycles. The molecular formula is C12H16Cl2N4O2S. The maximum Gasteiger partial charge on any atom is 0.259 e. The number of hydrogen-bond donors (Lipinski definition) is 2. The summed E-state index contributed by atoms with van der Waals surface area (Å²) in [6.07, 6.45) is 1.87. The molecule has 9 heteroatoms. The van der Waals surface area contributed by atoms with E-state index in [-0.39, 0.29) is 29.0 Å². The van der Waals surface area contributed by atoms with E-state index < -0.39 is 10.0 Å². The molecule has 21 heavy (non-hydrogen) atoms. The lowest BCUT2D eigenvalue weighted by atomic mass is 10.1. The van der Waals surface area contributed by atoms with Crippen molar-refractivity contribution in [2.24, 2.45) is 7.05 Å². The van der Waals surface area contributed by atoms with E-state index >= 15 is 0 Å². The van der Waals surface area contributed by atoms with Crippen LogP contribution in [0.2, 0.25) is 5.02 Å². The normalized spacial score (nSPS) is 11.1. The Morgan fingerprint density at radius 1 is 1.33 bits per heavy atom. The number of anilines is 1. The smallest absolute Gasteiger partial charge is 0.259 e. The average Bonchev–Trinajstić information content (AvgIpc) is 2.72. The Morgan fingerprint density at radius 2 is 1.95 bits per heavy atom. The standard InChI is InChI=1S/C12H15ClN4O2S.ClH/c1-17-12(11(13)8-15-17)20(18,19)16-7-6-9-2-4-10(14)5-3-9;/h2-5,8,16H,6-7,14H2,1H3;1H. The van der Waals surface area contributed by atoms with E-state index in [1.807, 2.05) is 12.1 Å². The van der Waals surface area contributed by atoms with Crippen LogP contribution in [-0.4, -0.2) is 24.7 Å². The van der Waals surface area contributed by atoms with E-state index in [4.69, 9.17) is 17.3 Å². The summed E-state index contributed by atoms with van der Waals surface area (Å²) >= 11 is 5.83. The summed E-state index contributed by atoms with van der Waals surface area (Å²) in [6.45, 7) is 0.272.